The number of nitrogens with zero attached hydrogens (tertiary/aromatic N) is 1. The minimum atomic E-state index is -5.08. The molecule has 2 atom stereocenters. The van der Waals surface area contributed by atoms with Crippen LogP contribution in [0.5, 0.6) is 0 Å². The van der Waals surface area contributed by atoms with Gasteiger partial charge in [0.1, 0.15) is 0 Å². The highest BCUT2D eigenvalue weighted by Gasteiger charge is 2.38. The molecule has 10 heteroatoms. The molecule has 1 aromatic rings. The fourth-order valence-electron chi connectivity index (χ4n) is 4.30. The highest BCUT2D eigenvalue weighted by molar-refractivity contribution is 6.03. The summed E-state index contributed by atoms with van der Waals surface area (Å²) in [5, 5.41) is 10.2. The predicted octanol–water partition coefficient (Wildman–Crippen LogP) is 3.96. The zero-order valence-corrected chi connectivity index (χ0v) is 19.9. The first kappa shape index (κ1) is 28.4. The Kier molecular flexibility index (Phi) is 10.8. The van der Waals surface area contributed by atoms with E-state index in [9.17, 15) is 22.8 Å². The van der Waals surface area contributed by atoms with Crippen LogP contribution < -0.4 is 16.0 Å². The topological polar surface area (TPSA) is 113 Å². The summed E-state index contributed by atoms with van der Waals surface area (Å²) < 4.78 is 31.7. The summed E-state index contributed by atoms with van der Waals surface area (Å²) in [5.74, 6) is -2.31. The van der Waals surface area contributed by atoms with Gasteiger partial charge in [0.15, 0.2) is 0 Å². The number of hydrogen-bond acceptors (Lipinski definition) is 4. The number of para-hydroxylation sites is 1. The standard InChI is InChI=1S/C23H33N3O2.C2HF3O2/c1-2-20(24)23(28)25-19(16-17-8-4-3-5-9-17)12-13-22(27)26-15-14-18-10-6-7-11-21(18)26;3-2(4,5)1(6)7/h6-7,10-13,17,19-20H,2-5,8-9,14-16,24H2,1H3,(H,25,28);(H,6,7)/t19-,20+;/m1./s1. The molecule has 1 saturated carbocycles. The number of carboxylic acid groups (broad SMARTS) is 1. The van der Waals surface area contributed by atoms with Crippen molar-refractivity contribution in [3.63, 3.8) is 0 Å². The van der Waals surface area contributed by atoms with Crippen molar-refractivity contribution >= 4 is 23.5 Å². The molecule has 2 aliphatic rings. The number of alkyl halides is 3. The lowest BCUT2D eigenvalue weighted by Crippen LogP contribution is -2.45. The summed E-state index contributed by atoms with van der Waals surface area (Å²) in [5.41, 5.74) is 8.11. The van der Waals surface area contributed by atoms with E-state index in [0.717, 1.165) is 18.5 Å². The predicted molar refractivity (Wildman–Crippen MR) is 127 cm³/mol. The second kappa shape index (κ2) is 13.3. The number of carbonyl (C=O) groups excluding carboxylic acids is 2. The van der Waals surface area contributed by atoms with Crippen LogP contribution in [0.2, 0.25) is 0 Å². The second-order valence-electron chi connectivity index (χ2n) is 8.90. The Labute approximate surface area is 203 Å². The van der Waals surface area contributed by atoms with Gasteiger partial charge in [-0.1, -0.05) is 63.3 Å². The van der Waals surface area contributed by atoms with Crippen LogP contribution in [0.25, 0.3) is 0 Å². The number of fused-ring (bicyclic) bond motifs is 1. The Balaban J connectivity index is 0.000000540. The first-order chi connectivity index (χ1) is 16.5. The highest BCUT2D eigenvalue weighted by Crippen LogP contribution is 2.29. The molecule has 0 unspecified atom stereocenters. The van der Waals surface area contributed by atoms with E-state index < -0.39 is 18.2 Å². The van der Waals surface area contributed by atoms with E-state index in [2.05, 4.69) is 11.4 Å². The zero-order chi connectivity index (χ0) is 26.0. The molecule has 7 nitrogen and oxygen atoms in total. The number of halogens is 3. The van der Waals surface area contributed by atoms with Gasteiger partial charge in [0.25, 0.3) is 5.91 Å². The summed E-state index contributed by atoms with van der Waals surface area (Å²) in [4.78, 5) is 35.8. The first-order valence-electron chi connectivity index (χ1n) is 12.0. The molecule has 1 fully saturated rings. The molecule has 0 radical (unpaired) electrons. The van der Waals surface area contributed by atoms with Crippen LogP contribution in [0.3, 0.4) is 0 Å². The number of carboxylic acids is 1. The summed E-state index contributed by atoms with van der Waals surface area (Å²) >= 11 is 0. The lowest BCUT2D eigenvalue weighted by Gasteiger charge is -2.26. The van der Waals surface area contributed by atoms with Crippen molar-refractivity contribution < 1.29 is 32.7 Å². The molecular formula is C25H34F3N3O4. The Bertz CT molecular complexity index is 898. The molecule has 1 aliphatic heterocycles. The van der Waals surface area contributed by atoms with Crippen molar-refractivity contribution in [2.24, 2.45) is 11.7 Å². The monoisotopic (exact) mass is 497 g/mol. The highest BCUT2D eigenvalue weighted by atomic mass is 19.4. The first-order valence-corrected chi connectivity index (χ1v) is 12.0. The summed E-state index contributed by atoms with van der Waals surface area (Å²) in [6, 6.07) is 7.40. The lowest BCUT2D eigenvalue weighted by molar-refractivity contribution is -0.192. The van der Waals surface area contributed by atoms with Gasteiger partial charge in [0.2, 0.25) is 5.91 Å². The normalized spacial score (nSPS) is 17.8. The van der Waals surface area contributed by atoms with Crippen LogP contribution in [0.15, 0.2) is 36.4 Å². The third-order valence-corrected chi connectivity index (χ3v) is 6.28. The van der Waals surface area contributed by atoms with E-state index in [1.54, 1.807) is 6.08 Å². The number of benzene rings is 1. The molecule has 0 saturated heterocycles. The quantitative estimate of drug-likeness (QED) is 0.494. The average Bonchev–Trinajstić information content (AvgIpc) is 3.26. The summed E-state index contributed by atoms with van der Waals surface area (Å²) in [6.07, 6.45) is 7.02. The van der Waals surface area contributed by atoms with E-state index in [-0.39, 0.29) is 17.9 Å². The maximum atomic E-state index is 12.8. The van der Waals surface area contributed by atoms with Gasteiger partial charge in [0, 0.05) is 24.4 Å². The Morgan fingerprint density at radius 3 is 2.43 bits per heavy atom. The molecule has 3 rings (SSSR count). The van der Waals surface area contributed by atoms with Crippen molar-refractivity contribution in [2.45, 2.75) is 76.6 Å². The van der Waals surface area contributed by atoms with Crippen molar-refractivity contribution in [1.82, 2.24) is 5.32 Å². The fraction of sp³-hybridized carbons (Fsp3) is 0.560. The molecule has 1 aliphatic carbocycles. The largest absolute Gasteiger partial charge is 0.490 e. The van der Waals surface area contributed by atoms with Crippen LogP contribution >= 0.6 is 0 Å². The number of nitrogens with one attached hydrogen (secondary N) is 1. The van der Waals surface area contributed by atoms with Gasteiger partial charge in [-0.3, -0.25) is 9.59 Å². The van der Waals surface area contributed by atoms with Gasteiger partial charge in [-0.05, 0) is 36.8 Å². The number of amides is 2. The molecule has 35 heavy (non-hydrogen) atoms. The molecule has 194 valence electrons. The molecule has 4 N–H and O–H groups in total. The molecule has 1 aromatic carbocycles. The van der Waals surface area contributed by atoms with Crippen molar-refractivity contribution in [3.8, 4) is 0 Å². The maximum Gasteiger partial charge on any atom is 0.490 e. The number of carbonyl (C=O) groups is 3. The van der Waals surface area contributed by atoms with Gasteiger partial charge in [-0.2, -0.15) is 13.2 Å². The molecule has 2 amide bonds. The van der Waals surface area contributed by atoms with Gasteiger partial charge in [0.05, 0.1) is 6.04 Å². The maximum absolute atomic E-state index is 12.8. The van der Waals surface area contributed by atoms with E-state index in [0.29, 0.717) is 18.9 Å². The van der Waals surface area contributed by atoms with Crippen molar-refractivity contribution in [2.75, 3.05) is 11.4 Å². The zero-order valence-electron chi connectivity index (χ0n) is 19.9. The second-order valence-corrected chi connectivity index (χ2v) is 8.90. The van der Waals surface area contributed by atoms with E-state index in [1.807, 2.05) is 36.1 Å². The van der Waals surface area contributed by atoms with E-state index >= 15 is 0 Å². The minimum Gasteiger partial charge on any atom is -0.475 e. The smallest absolute Gasteiger partial charge is 0.475 e. The number of hydrogen-bond donors (Lipinski definition) is 3. The molecule has 0 spiro atoms. The van der Waals surface area contributed by atoms with Crippen LogP contribution in [-0.4, -0.2) is 47.7 Å². The van der Waals surface area contributed by atoms with Crippen LogP contribution in [0, 0.1) is 5.92 Å². The van der Waals surface area contributed by atoms with Gasteiger partial charge < -0.3 is 21.1 Å². The average molecular weight is 498 g/mol. The SMILES string of the molecule is CC[C@H](N)C(=O)N[C@H](C=CC(=O)N1CCc2ccccc21)CC1CCCCC1.O=C(O)C(F)(F)F. The van der Waals surface area contributed by atoms with Crippen LogP contribution in [0.1, 0.15) is 57.4 Å². The van der Waals surface area contributed by atoms with E-state index in [1.165, 1.54) is 37.7 Å². The number of nitrogens with two attached hydrogens (primary N) is 1. The fourth-order valence-corrected chi connectivity index (χ4v) is 4.30. The van der Waals surface area contributed by atoms with Crippen LogP contribution in [-0.2, 0) is 20.8 Å². The molecule has 0 bridgehead atoms. The third-order valence-electron chi connectivity index (χ3n) is 6.28. The lowest BCUT2D eigenvalue weighted by atomic mass is 9.84. The number of aliphatic carboxylic acids is 1. The Hall–Kier alpha value is -2.88. The van der Waals surface area contributed by atoms with Gasteiger partial charge in [-0.15, -0.1) is 0 Å². The third kappa shape index (κ3) is 9.01. The van der Waals surface area contributed by atoms with Crippen molar-refractivity contribution in [1.29, 1.82) is 0 Å². The Morgan fingerprint density at radius 2 is 1.83 bits per heavy atom. The molecular weight excluding hydrogens is 463 g/mol. The number of rotatable bonds is 7. The summed E-state index contributed by atoms with van der Waals surface area (Å²) in [6.45, 7) is 2.62. The van der Waals surface area contributed by atoms with Crippen molar-refractivity contribution in [3.05, 3.63) is 42.0 Å². The minimum absolute atomic E-state index is 0.0207. The molecule has 0 aromatic heterocycles. The van der Waals surface area contributed by atoms with Gasteiger partial charge in [-0.25, -0.2) is 4.79 Å². The number of anilines is 1. The Morgan fingerprint density at radius 1 is 1.20 bits per heavy atom. The van der Waals surface area contributed by atoms with E-state index in [4.69, 9.17) is 15.6 Å². The summed E-state index contributed by atoms with van der Waals surface area (Å²) in [7, 11) is 0. The van der Waals surface area contributed by atoms with Crippen LogP contribution in [0.4, 0.5) is 18.9 Å². The van der Waals surface area contributed by atoms with Gasteiger partial charge >= 0.3 is 12.1 Å². The molecule has 1 heterocycles.